The van der Waals surface area contributed by atoms with Crippen molar-refractivity contribution in [1.82, 2.24) is 0 Å². The normalized spacial score (nSPS) is 18.0. The Kier molecular flexibility index (Phi) is 8.52. The maximum absolute atomic E-state index is 10.5. The second-order valence-electron chi connectivity index (χ2n) is 8.50. The van der Waals surface area contributed by atoms with E-state index in [-0.39, 0.29) is 24.0 Å². The summed E-state index contributed by atoms with van der Waals surface area (Å²) in [6, 6.07) is 24.0. The van der Waals surface area contributed by atoms with Crippen molar-refractivity contribution in [2.24, 2.45) is 0 Å². The van der Waals surface area contributed by atoms with Crippen LogP contribution in [0.3, 0.4) is 0 Å². The predicted octanol–water partition coefficient (Wildman–Crippen LogP) is 2.69. The Morgan fingerprint density at radius 2 is 1.29 bits per heavy atom. The molecule has 3 rings (SSSR count). The second-order valence-corrected chi connectivity index (χ2v) is 8.50. The smallest absolute Gasteiger partial charge is 0.113 e. The van der Waals surface area contributed by atoms with Gasteiger partial charge in [-0.25, -0.2) is 0 Å². The molecule has 3 heteroatoms. The Morgan fingerprint density at radius 1 is 0.857 bits per heavy atom. The lowest BCUT2D eigenvalue weighted by Crippen LogP contribution is -3.00. The standard InChI is InChI=1S/C25H33N2.HI/c1-22(27(2)18-12-4-3-5-13-19-27)20-25(21-26,23-14-8-6-9-15-23)24-16-10-7-11-17-24;/h6-11,14-17,22H,3-5,12-13,18-20H2,1-2H3;1H/q+1;/p-1. The lowest BCUT2D eigenvalue weighted by atomic mass is 9.71. The van der Waals surface area contributed by atoms with Crippen molar-refractivity contribution in [3.63, 3.8) is 0 Å². The van der Waals surface area contributed by atoms with Crippen LogP contribution in [0.4, 0.5) is 0 Å². The zero-order valence-corrected chi connectivity index (χ0v) is 19.4. The van der Waals surface area contributed by atoms with Crippen LogP contribution in [-0.4, -0.2) is 30.7 Å². The Labute approximate surface area is 188 Å². The molecule has 0 saturated carbocycles. The van der Waals surface area contributed by atoms with Gasteiger partial charge in [0.2, 0.25) is 0 Å². The third kappa shape index (κ3) is 4.96. The summed E-state index contributed by atoms with van der Waals surface area (Å²) in [7, 11) is 2.41. The van der Waals surface area contributed by atoms with Gasteiger partial charge < -0.3 is 28.5 Å². The first kappa shape index (κ1) is 22.9. The molecule has 28 heavy (non-hydrogen) atoms. The predicted molar refractivity (Wildman–Crippen MR) is 112 cm³/mol. The largest absolute Gasteiger partial charge is 1.00 e. The van der Waals surface area contributed by atoms with Gasteiger partial charge in [0.05, 0.1) is 32.2 Å². The van der Waals surface area contributed by atoms with Crippen molar-refractivity contribution >= 4 is 0 Å². The van der Waals surface area contributed by atoms with Crippen LogP contribution < -0.4 is 24.0 Å². The lowest BCUT2D eigenvalue weighted by Gasteiger charge is -2.44. The average molecular weight is 488 g/mol. The first-order valence-electron chi connectivity index (χ1n) is 10.5. The van der Waals surface area contributed by atoms with Gasteiger partial charge in [-0.3, -0.25) is 0 Å². The number of nitrogens with zero attached hydrogens (tertiary/aromatic N) is 2. The van der Waals surface area contributed by atoms with Crippen LogP contribution in [0.1, 0.15) is 56.6 Å². The highest BCUT2D eigenvalue weighted by Crippen LogP contribution is 2.38. The van der Waals surface area contributed by atoms with E-state index in [9.17, 15) is 5.26 Å². The SMILES string of the molecule is CC(CC(C#N)(c1ccccc1)c1ccccc1)[N+]1(C)CCCCCCC1.[I-]. The average Bonchev–Trinajstić information content (AvgIpc) is 2.70. The van der Waals surface area contributed by atoms with Crippen LogP contribution >= 0.6 is 0 Å². The summed E-state index contributed by atoms with van der Waals surface area (Å²) in [5, 5.41) is 10.5. The summed E-state index contributed by atoms with van der Waals surface area (Å²) in [6.07, 6.45) is 7.54. The van der Waals surface area contributed by atoms with Crippen molar-refractivity contribution in [2.45, 2.75) is 56.9 Å². The number of hydrogen-bond donors (Lipinski definition) is 0. The number of nitriles is 1. The van der Waals surface area contributed by atoms with E-state index in [1.165, 1.54) is 45.2 Å². The van der Waals surface area contributed by atoms with Gasteiger partial charge in [0.15, 0.2) is 0 Å². The molecule has 0 bridgehead atoms. The molecular weight excluding hydrogens is 455 g/mol. The molecule has 2 aromatic rings. The Morgan fingerprint density at radius 3 is 1.71 bits per heavy atom. The molecule has 2 aromatic carbocycles. The summed E-state index contributed by atoms with van der Waals surface area (Å²) in [5.41, 5.74) is 1.64. The molecule has 0 N–H and O–H groups in total. The maximum Gasteiger partial charge on any atom is 0.113 e. The quantitative estimate of drug-likeness (QED) is 0.469. The summed E-state index contributed by atoms with van der Waals surface area (Å²) < 4.78 is 1.09. The molecule has 1 fully saturated rings. The Bertz CT molecular complexity index is 704. The van der Waals surface area contributed by atoms with E-state index in [4.69, 9.17) is 0 Å². The molecule has 0 aromatic heterocycles. The number of likely N-dealkylation sites (tertiary alicyclic amines) is 1. The fraction of sp³-hybridized carbons (Fsp3) is 0.480. The van der Waals surface area contributed by atoms with Crippen LogP contribution in [0, 0.1) is 11.3 Å². The highest BCUT2D eigenvalue weighted by atomic mass is 127. The molecule has 1 heterocycles. The maximum atomic E-state index is 10.5. The monoisotopic (exact) mass is 488 g/mol. The van der Waals surface area contributed by atoms with Gasteiger partial charge in [-0.15, -0.1) is 0 Å². The van der Waals surface area contributed by atoms with Crippen molar-refractivity contribution in [1.29, 1.82) is 5.26 Å². The molecule has 0 aliphatic carbocycles. The zero-order chi connectivity index (χ0) is 19.2. The first-order valence-corrected chi connectivity index (χ1v) is 10.5. The number of benzene rings is 2. The van der Waals surface area contributed by atoms with Crippen molar-refractivity contribution in [3.8, 4) is 6.07 Å². The molecule has 2 nitrogen and oxygen atoms in total. The summed E-state index contributed by atoms with van der Waals surface area (Å²) >= 11 is 0. The molecule has 1 aliphatic rings. The minimum Gasteiger partial charge on any atom is -1.00 e. The van der Waals surface area contributed by atoms with Crippen LogP contribution in [0.25, 0.3) is 0 Å². The highest BCUT2D eigenvalue weighted by molar-refractivity contribution is 5.45. The van der Waals surface area contributed by atoms with Crippen LogP contribution in [-0.2, 0) is 5.41 Å². The molecular formula is C25H33IN2. The van der Waals surface area contributed by atoms with E-state index < -0.39 is 5.41 Å². The van der Waals surface area contributed by atoms with E-state index in [0.29, 0.717) is 6.04 Å². The molecule has 1 atom stereocenters. The van der Waals surface area contributed by atoms with E-state index in [0.717, 1.165) is 22.0 Å². The van der Waals surface area contributed by atoms with Crippen molar-refractivity contribution in [3.05, 3.63) is 71.8 Å². The third-order valence-electron chi connectivity index (χ3n) is 6.73. The van der Waals surface area contributed by atoms with Gasteiger partial charge >= 0.3 is 0 Å². The minimum atomic E-state index is -0.592. The summed E-state index contributed by atoms with van der Waals surface area (Å²) in [5.74, 6) is 0. The van der Waals surface area contributed by atoms with Gasteiger partial charge in [-0.05, 0) is 43.7 Å². The van der Waals surface area contributed by atoms with E-state index >= 15 is 0 Å². The van der Waals surface area contributed by atoms with Gasteiger partial charge in [0, 0.05) is 6.42 Å². The van der Waals surface area contributed by atoms with Crippen molar-refractivity contribution < 1.29 is 28.5 Å². The number of hydrogen-bond acceptors (Lipinski definition) is 1. The lowest BCUT2D eigenvalue weighted by molar-refractivity contribution is -0.933. The molecule has 1 saturated heterocycles. The molecule has 1 aliphatic heterocycles. The van der Waals surface area contributed by atoms with Gasteiger partial charge in [0.1, 0.15) is 5.41 Å². The minimum absolute atomic E-state index is 0. The van der Waals surface area contributed by atoms with E-state index in [1.54, 1.807) is 0 Å². The Balaban J connectivity index is 0.00000280. The summed E-state index contributed by atoms with van der Waals surface area (Å²) in [4.78, 5) is 0. The fourth-order valence-corrected chi connectivity index (χ4v) is 4.71. The van der Waals surface area contributed by atoms with Gasteiger partial charge in [-0.2, -0.15) is 5.26 Å². The number of rotatable bonds is 5. The van der Waals surface area contributed by atoms with E-state index in [1.807, 2.05) is 12.1 Å². The summed E-state index contributed by atoms with van der Waals surface area (Å²) in [6.45, 7) is 4.82. The number of halogens is 1. The highest BCUT2D eigenvalue weighted by Gasteiger charge is 2.41. The van der Waals surface area contributed by atoms with Gasteiger partial charge in [0.25, 0.3) is 0 Å². The Hall–Kier alpha value is -1.38. The third-order valence-corrected chi connectivity index (χ3v) is 6.73. The second kappa shape index (κ2) is 10.4. The zero-order valence-electron chi connectivity index (χ0n) is 17.3. The van der Waals surface area contributed by atoms with E-state index in [2.05, 4.69) is 68.6 Å². The molecule has 0 radical (unpaired) electrons. The van der Waals surface area contributed by atoms with Crippen LogP contribution in [0.5, 0.6) is 0 Å². The molecule has 0 spiro atoms. The van der Waals surface area contributed by atoms with Crippen molar-refractivity contribution in [2.75, 3.05) is 20.1 Å². The molecule has 150 valence electrons. The fourth-order valence-electron chi connectivity index (χ4n) is 4.71. The van der Waals surface area contributed by atoms with Gasteiger partial charge in [-0.1, -0.05) is 67.1 Å². The topological polar surface area (TPSA) is 23.8 Å². The van der Waals surface area contributed by atoms with Crippen LogP contribution in [0.2, 0.25) is 0 Å². The number of quaternary nitrogens is 1. The molecule has 1 unspecified atom stereocenters. The first-order chi connectivity index (χ1) is 13.1. The van der Waals surface area contributed by atoms with Crippen LogP contribution in [0.15, 0.2) is 60.7 Å². The molecule has 0 amide bonds.